The maximum Gasteiger partial charge on any atom is 0.0629 e. The first-order chi connectivity index (χ1) is 8.22. The molecule has 0 radical (unpaired) electrons. The fraction of sp³-hybridized carbons (Fsp3) is 0.500. The van der Waals surface area contributed by atoms with Gasteiger partial charge in [0, 0.05) is 36.9 Å². The second-order valence-corrected chi connectivity index (χ2v) is 4.69. The summed E-state index contributed by atoms with van der Waals surface area (Å²) in [6.45, 7) is 3.77. The third-order valence-electron chi connectivity index (χ3n) is 3.17. The van der Waals surface area contributed by atoms with Gasteiger partial charge >= 0.3 is 0 Å². The number of nitrogens with zero attached hydrogens (tertiary/aromatic N) is 1. The summed E-state index contributed by atoms with van der Waals surface area (Å²) >= 11 is 5.99. The Labute approximate surface area is 106 Å². The Kier molecular flexibility index (Phi) is 4.23. The average molecular weight is 256 g/mol. The van der Waals surface area contributed by atoms with Crippen LogP contribution in [0.25, 0.3) is 0 Å². The van der Waals surface area contributed by atoms with E-state index < -0.39 is 0 Å². The fourth-order valence-electron chi connectivity index (χ4n) is 2.24. The number of nitrogens with one attached hydrogen (secondary N) is 1. The minimum absolute atomic E-state index is 0.0594. The first kappa shape index (κ1) is 12.6. The van der Waals surface area contributed by atoms with Crippen molar-refractivity contribution < 1.29 is 5.11 Å². The molecule has 0 spiro atoms. The van der Waals surface area contributed by atoms with Gasteiger partial charge in [-0.05, 0) is 23.8 Å². The first-order valence-electron chi connectivity index (χ1n) is 5.83. The molecule has 1 aromatic carbocycles. The minimum Gasteiger partial charge on any atom is -0.398 e. The van der Waals surface area contributed by atoms with Gasteiger partial charge in [0.25, 0.3) is 0 Å². The predicted molar refractivity (Wildman–Crippen MR) is 70.1 cm³/mol. The third-order valence-corrected chi connectivity index (χ3v) is 3.41. The summed E-state index contributed by atoms with van der Waals surface area (Å²) in [5.74, 6) is 0. The Balaban J connectivity index is 2.24. The summed E-state index contributed by atoms with van der Waals surface area (Å²) < 4.78 is 0. The van der Waals surface area contributed by atoms with E-state index in [9.17, 15) is 5.11 Å². The summed E-state index contributed by atoms with van der Waals surface area (Å²) in [7, 11) is 0. The normalized spacial score (nSPS) is 19.2. The van der Waals surface area contributed by atoms with Crippen LogP contribution in [0.5, 0.6) is 0 Å². The highest BCUT2D eigenvalue weighted by molar-refractivity contribution is 6.30. The Morgan fingerprint density at radius 1 is 1.41 bits per heavy atom. The van der Waals surface area contributed by atoms with Crippen LogP contribution in [0.3, 0.4) is 0 Å². The number of anilines is 1. The molecule has 1 atom stereocenters. The molecule has 1 aliphatic rings. The maximum absolute atomic E-state index is 9.59. The molecule has 4 N–H and O–H groups in total. The molecule has 1 fully saturated rings. The topological polar surface area (TPSA) is 61.5 Å². The molecule has 0 aromatic heterocycles. The number of aliphatic hydroxyl groups is 1. The Hall–Kier alpha value is -0.810. The fourth-order valence-corrected chi connectivity index (χ4v) is 2.42. The van der Waals surface area contributed by atoms with Crippen molar-refractivity contribution in [3.8, 4) is 0 Å². The third kappa shape index (κ3) is 2.90. The van der Waals surface area contributed by atoms with Crippen molar-refractivity contribution in [2.24, 2.45) is 0 Å². The van der Waals surface area contributed by atoms with E-state index in [1.807, 2.05) is 6.07 Å². The van der Waals surface area contributed by atoms with Gasteiger partial charge in [-0.3, -0.25) is 4.90 Å². The monoisotopic (exact) mass is 255 g/mol. The lowest BCUT2D eigenvalue weighted by molar-refractivity contribution is 0.111. The van der Waals surface area contributed by atoms with Crippen molar-refractivity contribution in [3.05, 3.63) is 28.8 Å². The van der Waals surface area contributed by atoms with Gasteiger partial charge in [0.15, 0.2) is 0 Å². The van der Waals surface area contributed by atoms with Crippen LogP contribution in [0.4, 0.5) is 5.69 Å². The highest BCUT2D eigenvalue weighted by Crippen LogP contribution is 2.28. The zero-order chi connectivity index (χ0) is 12.3. The van der Waals surface area contributed by atoms with E-state index in [1.54, 1.807) is 12.1 Å². The molecular formula is C12H18ClN3O. The smallest absolute Gasteiger partial charge is 0.0629 e. The molecule has 0 saturated carbocycles. The molecule has 0 aliphatic carbocycles. The van der Waals surface area contributed by atoms with Gasteiger partial charge in [-0.2, -0.15) is 0 Å². The van der Waals surface area contributed by atoms with Crippen LogP contribution in [0.1, 0.15) is 11.6 Å². The van der Waals surface area contributed by atoms with Crippen molar-refractivity contribution in [1.82, 2.24) is 10.2 Å². The molecular weight excluding hydrogens is 238 g/mol. The van der Waals surface area contributed by atoms with Crippen molar-refractivity contribution in [2.75, 3.05) is 38.5 Å². The van der Waals surface area contributed by atoms with Crippen LogP contribution in [-0.2, 0) is 0 Å². The van der Waals surface area contributed by atoms with Crippen molar-refractivity contribution in [3.63, 3.8) is 0 Å². The van der Waals surface area contributed by atoms with Crippen LogP contribution in [0.2, 0.25) is 5.02 Å². The standard InChI is InChI=1S/C12H18ClN3O/c13-9-1-2-11(14)10(7-9)12(8-17)16-5-3-15-4-6-16/h1-2,7,12,15,17H,3-6,8,14H2/t12-/m1/s1. The number of rotatable bonds is 3. The van der Waals surface area contributed by atoms with Crippen LogP contribution >= 0.6 is 11.6 Å². The molecule has 0 unspecified atom stereocenters. The molecule has 1 aromatic rings. The summed E-state index contributed by atoms with van der Waals surface area (Å²) in [6.07, 6.45) is 0. The number of aliphatic hydroxyl groups excluding tert-OH is 1. The second kappa shape index (κ2) is 5.69. The maximum atomic E-state index is 9.59. The molecule has 1 saturated heterocycles. The molecule has 2 rings (SSSR count). The van der Waals surface area contributed by atoms with Gasteiger partial charge in [-0.15, -0.1) is 0 Å². The SMILES string of the molecule is Nc1ccc(Cl)cc1[C@@H](CO)N1CCNCC1. The van der Waals surface area contributed by atoms with Gasteiger partial charge in [-0.25, -0.2) is 0 Å². The largest absolute Gasteiger partial charge is 0.398 e. The van der Waals surface area contributed by atoms with E-state index in [0.717, 1.165) is 31.7 Å². The van der Waals surface area contributed by atoms with Crippen LogP contribution < -0.4 is 11.1 Å². The van der Waals surface area contributed by atoms with Gasteiger partial charge in [-0.1, -0.05) is 11.6 Å². The van der Waals surface area contributed by atoms with Gasteiger partial charge < -0.3 is 16.2 Å². The summed E-state index contributed by atoms with van der Waals surface area (Å²) in [5.41, 5.74) is 7.57. The number of halogens is 1. The zero-order valence-corrected chi connectivity index (χ0v) is 10.5. The molecule has 1 heterocycles. The number of hydrogen-bond donors (Lipinski definition) is 3. The first-order valence-corrected chi connectivity index (χ1v) is 6.20. The number of benzene rings is 1. The van der Waals surface area contributed by atoms with Gasteiger partial charge in [0.2, 0.25) is 0 Å². The quantitative estimate of drug-likeness (QED) is 0.702. The van der Waals surface area contributed by atoms with Crippen molar-refractivity contribution in [1.29, 1.82) is 0 Å². The zero-order valence-electron chi connectivity index (χ0n) is 9.69. The van der Waals surface area contributed by atoms with Crippen LogP contribution in [0.15, 0.2) is 18.2 Å². The number of nitrogens with two attached hydrogens (primary N) is 1. The molecule has 0 bridgehead atoms. The number of hydrogen-bond acceptors (Lipinski definition) is 4. The highest BCUT2D eigenvalue weighted by Gasteiger charge is 2.23. The molecule has 5 heteroatoms. The predicted octanol–water partition coefficient (Wildman–Crippen LogP) is 0.861. The lowest BCUT2D eigenvalue weighted by Crippen LogP contribution is -2.46. The Morgan fingerprint density at radius 3 is 2.76 bits per heavy atom. The average Bonchev–Trinajstić information content (AvgIpc) is 2.36. The lowest BCUT2D eigenvalue weighted by atomic mass is 10.0. The second-order valence-electron chi connectivity index (χ2n) is 4.26. The molecule has 4 nitrogen and oxygen atoms in total. The van der Waals surface area contributed by atoms with E-state index in [2.05, 4.69) is 10.2 Å². The van der Waals surface area contributed by atoms with Crippen molar-refractivity contribution in [2.45, 2.75) is 6.04 Å². The molecule has 1 aliphatic heterocycles. The molecule has 0 amide bonds. The van der Waals surface area contributed by atoms with Gasteiger partial charge in [0.1, 0.15) is 0 Å². The number of nitrogen functional groups attached to an aromatic ring is 1. The Morgan fingerprint density at radius 2 is 2.12 bits per heavy atom. The highest BCUT2D eigenvalue weighted by atomic mass is 35.5. The number of piperazine rings is 1. The lowest BCUT2D eigenvalue weighted by Gasteiger charge is -2.34. The summed E-state index contributed by atoms with van der Waals surface area (Å²) in [4.78, 5) is 2.23. The molecule has 17 heavy (non-hydrogen) atoms. The van der Waals surface area contributed by atoms with E-state index in [0.29, 0.717) is 10.7 Å². The summed E-state index contributed by atoms with van der Waals surface area (Å²) in [5, 5.41) is 13.5. The van der Waals surface area contributed by atoms with E-state index in [4.69, 9.17) is 17.3 Å². The Bertz CT molecular complexity index is 380. The van der Waals surface area contributed by atoms with Gasteiger partial charge in [0.05, 0.1) is 12.6 Å². The van der Waals surface area contributed by atoms with Crippen LogP contribution in [-0.4, -0.2) is 42.8 Å². The van der Waals surface area contributed by atoms with E-state index >= 15 is 0 Å². The minimum atomic E-state index is -0.0594. The summed E-state index contributed by atoms with van der Waals surface area (Å²) in [6, 6.07) is 5.35. The van der Waals surface area contributed by atoms with Crippen LogP contribution in [0, 0.1) is 0 Å². The molecule has 94 valence electrons. The van der Waals surface area contributed by atoms with Crippen molar-refractivity contribution >= 4 is 17.3 Å². The van der Waals surface area contributed by atoms with E-state index in [1.165, 1.54) is 0 Å². The van der Waals surface area contributed by atoms with E-state index in [-0.39, 0.29) is 12.6 Å².